The van der Waals surface area contributed by atoms with Crippen molar-refractivity contribution in [1.82, 2.24) is 9.55 Å². The van der Waals surface area contributed by atoms with Crippen LogP contribution in [0, 0.1) is 0 Å². The van der Waals surface area contributed by atoms with E-state index in [1.165, 1.54) is 18.4 Å². The van der Waals surface area contributed by atoms with E-state index < -0.39 is 0 Å². The van der Waals surface area contributed by atoms with Crippen LogP contribution in [-0.4, -0.2) is 9.55 Å². The number of benzene rings is 1. The Bertz CT molecular complexity index is 497. The maximum absolute atomic E-state index is 6.17. The molecule has 78 valence electrons. The van der Waals surface area contributed by atoms with Gasteiger partial charge in [0.15, 0.2) is 0 Å². The fraction of sp³-hybridized carbons (Fsp3) is 0.417. The van der Waals surface area contributed by atoms with Gasteiger partial charge in [-0.3, -0.25) is 0 Å². The second-order valence-electron chi connectivity index (χ2n) is 4.18. The lowest BCUT2D eigenvalue weighted by Gasteiger charge is -2.08. The highest BCUT2D eigenvalue weighted by atomic mass is 35.5. The van der Waals surface area contributed by atoms with Crippen LogP contribution in [0.4, 0.5) is 0 Å². The van der Waals surface area contributed by atoms with E-state index in [4.69, 9.17) is 11.6 Å². The summed E-state index contributed by atoms with van der Waals surface area (Å²) in [5, 5.41) is -0.0157. The van der Waals surface area contributed by atoms with E-state index in [9.17, 15) is 0 Å². The molecule has 3 rings (SSSR count). The first kappa shape index (κ1) is 9.22. The minimum Gasteiger partial charge on any atom is -0.324 e. The highest BCUT2D eigenvalue weighted by Gasteiger charge is 2.29. The molecule has 1 aliphatic carbocycles. The van der Waals surface area contributed by atoms with E-state index in [2.05, 4.69) is 27.8 Å². The molecule has 1 heterocycles. The Labute approximate surface area is 93.9 Å². The van der Waals surface area contributed by atoms with Crippen molar-refractivity contribution in [3.05, 3.63) is 30.1 Å². The number of imidazole rings is 1. The van der Waals surface area contributed by atoms with Crippen molar-refractivity contribution < 1.29 is 0 Å². The molecule has 0 amide bonds. The average Bonchev–Trinajstić information content (AvgIpc) is 2.98. The van der Waals surface area contributed by atoms with Crippen LogP contribution in [0.25, 0.3) is 11.0 Å². The Morgan fingerprint density at radius 1 is 1.40 bits per heavy atom. The first-order chi connectivity index (χ1) is 7.27. The van der Waals surface area contributed by atoms with Crippen LogP contribution < -0.4 is 0 Å². The number of hydrogen-bond acceptors (Lipinski definition) is 1. The van der Waals surface area contributed by atoms with E-state index in [-0.39, 0.29) is 5.38 Å². The smallest absolute Gasteiger partial charge is 0.127 e. The fourth-order valence-electron chi connectivity index (χ4n) is 2.06. The number of halogens is 1. The maximum Gasteiger partial charge on any atom is 0.127 e. The van der Waals surface area contributed by atoms with Crippen molar-refractivity contribution in [2.75, 3.05) is 0 Å². The summed E-state index contributed by atoms with van der Waals surface area (Å²) in [5.74, 6) is 1.01. The standard InChI is InChI=1S/C12H13ClN2/c1-8(13)12-14-10-4-2-3-5-11(10)15(12)9-6-7-9/h2-5,8-9H,6-7H2,1H3. The third-order valence-electron chi connectivity index (χ3n) is 2.89. The fourth-order valence-corrected chi connectivity index (χ4v) is 2.21. The van der Waals surface area contributed by atoms with E-state index >= 15 is 0 Å². The Morgan fingerprint density at radius 2 is 2.13 bits per heavy atom. The Kier molecular flexibility index (Phi) is 1.99. The van der Waals surface area contributed by atoms with E-state index in [1.807, 2.05) is 13.0 Å². The molecule has 1 fully saturated rings. The molecule has 2 aromatic rings. The van der Waals surface area contributed by atoms with Crippen LogP contribution >= 0.6 is 11.6 Å². The summed E-state index contributed by atoms with van der Waals surface area (Å²) in [6.07, 6.45) is 2.52. The van der Waals surface area contributed by atoms with Gasteiger partial charge in [0.05, 0.1) is 16.4 Å². The number of aromatic nitrogens is 2. The largest absolute Gasteiger partial charge is 0.324 e. The van der Waals surface area contributed by atoms with Crippen molar-refractivity contribution in [3.8, 4) is 0 Å². The Hall–Kier alpha value is -1.02. The van der Waals surface area contributed by atoms with E-state index in [0.29, 0.717) is 6.04 Å². The first-order valence-corrected chi connectivity index (χ1v) is 5.82. The van der Waals surface area contributed by atoms with Gasteiger partial charge in [0.2, 0.25) is 0 Å². The van der Waals surface area contributed by atoms with Gasteiger partial charge < -0.3 is 4.57 Å². The van der Waals surface area contributed by atoms with Gasteiger partial charge in [-0.15, -0.1) is 11.6 Å². The van der Waals surface area contributed by atoms with Crippen molar-refractivity contribution in [1.29, 1.82) is 0 Å². The van der Waals surface area contributed by atoms with Crippen LogP contribution in [-0.2, 0) is 0 Å². The molecule has 1 saturated carbocycles. The number of hydrogen-bond donors (Lipinski definition) is 0. The molecule has 1 atom stereocenters. The van der Waals surface area contributed by atoms with E-state index in [1.54, 1.807) is 0 Å². The summed E-state index contributed by atoms with van der Waals surface area (Å²) < 4.78 is 2.31. The summed E-state index contributed by atoms with van der Waals surface area (Å²) in [7, 11) is 0. The lowest BCUT2D eigenvalue weighted by Crippen LogP contribution is -2.01. The van der Waals surface area contributed by atoms with Gasteiger partial charge in [-0.2, -0.15) is 0 Å². The van der Waals surface area contributed by atoms with Gasteiger partial charge in [0, 0.05) is 6.04 Å². The molecule has 0 radical (unpaired) electrons. The maximum atomic E-state index is 6.17. The number of rotatable bonds is 2. The third kappa shape index (κ3) is 1.44. The zero-order chi connectivity index (χ0) is 10.4. The third-order valence-corrected chi connectivity index (χ3v) is 3.09. The number of fused-ring (bicyclic) bond motifs is 1. The predicted octanol–water partition coefficient (Wildman–Crippen LogP) is 3.67. The summed E-state index contributed by atoms with van der Waals surface area (Å²) in [4.78, 5) is 4.60. The van der Waals surface area contributed by atoms with Crippen LogP contribution in [0.5, 0.6) is 0 Å². The van der Waals surface area contributed by atoms with E-state index in [0.717, 1.165) is 11.3 Å². The molecule has 3 heteroatoms. The molecule has 15 heavy (non-hydrogen) atoms. The molecule has 1 unspecified atom stereocenters. The molecule has 0 N–H and O–H groups in total. The van der Waals surface area contributed by atoms with Gasteiger partial charge in [0.25, 0.3) is 0 Å². The summed E-state index contributed by atoms with van der Waals surface area (Å²) in [6.45, 7) is 1.99. The van der Waals surface area contributed by atoms with Gasteiger partial charge >= 0.3 is 0 Å². The second kappa shape index (κ2) is 3.24. The highest BCUT2D eigenvalue weighted by Crippen LogP contribution is 2.40. The average molecular weight is 221 g/mol. The van der Waals surface area contributed by atoms with Crippen molar-refractivity contribution in [2.45, 2.75) is 31.2 Å². The lowest BCUT2D eigenvalue weighted by molar-refractivity contribution is 0.700. The highest BCUT2D eigenvalue weighted by molar-refractivity contribution is 6.20. The van der Waals surface area contributed by atoms with Crippen LogP contribution in [0.3, 0.4) is 0 Å². The van der Waals surface area contributed by atoms with Crippen LogP contribution in [0.2, 0.25) is 0 Å². The number of nitrogens with zero attached hydrogens (tertiary/aromatic N) is 2. The topological polar surface area (TPSA) is 17.8 Å². The van der Waals surface area contributed by atoms with Gasteiger partial charge in [0.1, 0.15) is 5.82 Å². The molecule has 1 aromatic carbocycles. The zero-order valence-corrected chi connectivity index (χ0v) is 9.41. The van der Waals surface area contributed by atoms with Crippen molar-refractivity contribution >= 4 is 22.6 Å². The van der Waals surface area contributed by atoms with Gasteiger partial charge in [-0.05, 0) is 31.9 Å². The Morgan fingerprint density at radius 3 is 2.80 bits per heavy atom. The zero-order valence-electron chi connectivity index (χ0n) is 8.65. The minimum atomic E-state index is -0.0157. The van der Waals surface area contributed by atoms with Gasteiger partial charge in [-0.25, -0.2) is 4.98 Å². The predicted molar refractivity (Wildman–Crippen MR) is 62.3 cm³/mol. The molecule has 0 aliphatic heterocycles. The monoisotopic (exact) mass is 220 g/mol. The lowest BCUT2D eigenvalue weighted by atomic mass is 10.3. The molecule has 0 spiro atoms. The van der Waals surface area contributed by atoms with Crippen molar-refractivity contribution in [2.24, 2.45) is 0 Å². The molecule has 1 aliphatic rings. The molecule has 1 aromatic heterocycles. The Balaban J connectivity index is 2.28. The van der Waals surface area contributed by atoms with Crippen LogP contribution in [0.15, 0.2) is 24.3 Å². The van der Waals surface area contributed by atoms with Crippen molar-refractivity contribution in [3.63, 3.8) is 0 Å². The van der Waals surface area contributed by atoms with Gasteiger partial charge in [-0.1, -0.05) is 12.1 Å². The molecular formula is C12H13ClN2. The number of para-hydroxylation sites is 2. The summed E-state index contributed by atoms with van der Waals surface area (Å²) >= 11 is 6.17. The summed E-state index contributed by atoms with van der Waals surface area (Å²) in [6, 6.07) is 8.90. The minimum absolute atomic E-state index is 0.0157. The quantitative estimate of drug-likeness (QED) is 0.707. The second-order valence-corrected chi connectivity index (χ2v) is 4.83. The number of alkyl halides is 1. The SMILES string of the molecule is CC(Cl)c1nc2ccccc2n1C1CC1. The molecule has 2 nitrogen and oxygen atoms in total. The van der Waals surface area contributed by atoms with Crippen LogP contribution in [0.1, 0.15) is 37.0 Å². The molecule has 0 bridgehead atoms. The molecule has 0 saturated heterocycles. The molecular weight excluding hydrogens is 208 g/mol. The summed E-state index contributed by atoms with van der Waals surface area (Å²) in [5.41, 5.74) is 2.29. The normalized spacial score (nSPS) is 18.3. The first-order valence-electron chi connectivity index (χ1n) is 5.38.